The molecular weight excluding hydrogens is 283 g/mol. The van der Waals surface area contributed by atoms with Gasteiger partial charge in [0.1, 0.15) is 17.4 Å². The molecule has 2 rings (SSSR count). The first-order valence-corrected chi connectivity index (χ1v) is 5.20. The van der Waals surface area contributed by atoms with Gasteiger partial charge in [0, 0.05) is 18.2 Å². The van der Waals surface area contributed by atoms with E-state index in [-0.39, 0.29) is 0 Å². The van der Waals surface area contributed by atoms with Crippen molar-refractivity contribution in [2.24, 2.45) is 0 Å². The standard InChI is InChI=1S/C13H5F5O2/c14-6-3-7(15)5-8(4-6)20-13(19)9-1-2-10(16)12(18)11(9)17/h1-5H. The minimum absolute atomic E-state index is 0.529. The fraction of sp³-hybridized carbons (Fsp3) is 0. The van der Waals surface area contributed by atoms with E-state index in [1.165, 1.54) is 0 Å². The number of carbonyl (C=O) groups is 1. The second-order valence-electron chi connectivity index (χ2n) is 3.72. The van der Waals surface area contributed by atoms with E-state index in [0.29, 0.717) is 30.3 Å². The van der Waals surface area contributed by atoms with Crippen LogP contribution in [0.5, 0.6) is 5.75 Å². The van der Waals surface area contributed by atoms with E-state index in [0.717, 1.165) is 0 Å². The Morgan fingerprint density at radius 2 is 1.45 bits per heavy atom. The third kappa shape index (κ3) is 2.76. The van der Waals surface area contributed by atoms with Crippen molar-refractivity contribution >= 4 is 5.97 Å². The van der Waals surface area contributed by atoms with Crippen molar-refractivity contribution in [2.45, 2.75) is 0 Å². The molecule has 0 aliphatic rings. The molecule has 0 fully saturated rings. The Morgan fingerprint density at radius 1 is 0.850 bits per heavy atom. The van der Waals surface area contributed by atoms with Crippen LogP contribution in [0.4, 0.5) is 22.0 Å². The second kappa shape index (κ2) is 5.28. The minimum Gasteiger partial charge on any atom is -0.423 e. The van der Waals surface area contributed by atoms with Gasteiger partial charge in [-0.25, -0.2) is 26.7 Å². The molecule has 0 saturated carbocycles. The van der Waals surface area contributed by atoms with Crippen LogP contribution >= 0.6 is 0 Å². The Kier molecular flexibility index (Phi) is 3.69. The zero-order valence-electron chi connectivity index (χ0n) is 9.59. The van der Waals surface area contributed by atoms with E-state index in [1.54, 1.807) is 0 Å². The Bertz CT molecular complexity index is 664. The van der Waals surface area contributed by atoms with Crippen molar-refractivity contribution in [2.75, 3.05) is 0 Å². The van der Waals surface area contributed by atoms with E-state index in [4.69, 9.17) is 0 Å². The molecule has 0 N–H and O–H groups in total. The van der Waals surface area contributed by atoms with E-state index in [1.807, 2.05) is 0 Å². The average Bonchev–Trinajstić information content (AvgIpc) is 2.34. The second-order valence-corrected chi connectivity index (χ2v) is 3.72. The van der Waals surface area contributed by atoms with E-state index < -0.39 is 46.4 Å². The molecule has 0 spiro atoms. The van der Waals surface area contributed by atoms with Crippen molar-refractivity contribution in [3.63, 3.8) is 0 Å². The topological polar surface area (TPSA) is 26.3 Å². The summed E-state index contributed by atoms with van der Waals surface area (Å²) in [5, 5.41) is 0. The van der Waals surface area contributed by atoms with Gasteiger partial charge in [0.05, 0.1) is 5.56 Å². The van der Waals surface area contributed by atoms with Crippen LogP contribution in [0.3, 0.4) is 0 Å². The first-order valence-electron chi connectivity index (χ1n) is 5.20. The zero-order chi connectivity index (χ0) is 14.9. The van der Waals surface area contributed by atoms with E-state index >= 15 is 0 Å². The number of hydrogen-bond acceptors (Lipinski definition) is 2. The molecule has 0 atom stereocenters. The van der Waals surface area contributed by atoms with Crippen LogP contribution in [-0.4, -0.2) is 5.97 Å². The van der Waals surface area contributed by atoms with Gasteiger partial charge in [-0.3, -0.25) is 0 Å². The van der Waals surface area contributed by atoms with Gasteiger partial charge < -0.3 is 4.74 Å². The molecule has 0 bridgehead atoms. The maximum Gasteiger partial charge on any atom is 0.346 e. The van der Waals surface area contributed by atoms with Crippen LogP contribution in [0.15, 0.2) is 30.3 Å². The fourth-order valence-corrected chi connectivity index (χ4v) is 1.43. The van der Waals surface area contributed by atoms with Crippen molar-refractivity contribution in [3.8, 4) is 5.75 Å². The minimum atomic E-state index is -1.84. The maximum atomic E-state index is 13.3. The lowest BCUT2D eigenvalue weighted by Crippen LogP contribution is -2.12. The lowest BCUT2D eigenvalue weighted by molar-refractivity contribution is 0.0727. The summed E-state index contributed by atoms with van der Waals surface area (Å²) in [6.45, 7) is 0. The zero-order valence-corrected chi connectivity index (χ0v) is 9.59. The molecule has 0 aliphatic heterocycles. The van der Waals surface area contributed by atoms with Gasteiger partial charge in [0.2, 0.25) is 0 Å². The van der Waals surface area contributed by atoms with Gasteiger partial charge in [-0.2, -0.15) is 0 Å². The summed E-state index contributed by atoms with van der Waals surface area (Å²) >= 11 is 0. The monoisotopic (exact) mass is 288 g/mol. The smallest absolute Gasteiger partial charge is 0.346 e. The summed E-state index contributed by atoms with van der Waals surface area (Å²) in [7, 11) is 0. The van der Waals surface area contributed by atoms with Crippen LogP contribution in [0.1, 0.15) is 10.4 Å². The molecule has 0 radical (unpaired) electrons. The van der Waals surface area contributed by atoms with Crippen LogP contribution in [0, 0.1) is 29.1 Å². The van der Waals surface area contributed by atoms with Crippen molar-refractivity contribution in [1.29, 1.82) is 0 Å². The first kappa shape index (κ1) is 14.0. The Morgan fingerprint density at radius 3 is 2.05 bits per heavy atom. The molecule has 20 heavy (non-hydrogen) atoms. The normalized spacial score (nSPS) is 10.4. The van der Waals surface area contributed by atoms with Crippen molar-refractivity contribution in [1.82, 2.24) is 0 Å². The number of halogens is 5. The predicted octanol–water partition coefficient (Wildman–Crippen LogP) is 3.60. The van der Waals surface area contributed by atoms with Gasteiger partial charge in [-0.1, -0.05) is 0 Å². The van der Waals surface area contributed by atoms with Gasteiger partial charge in [-0.05, 0) is 12.1 Å². The highest BCUT2D eigenvalue weighted by Crippen LogP contribution is 2.20. The Balaban J connectivity index is 2.31. The molecule has 2 aromatic carbocycles. The van der Waals surface area contributed by atoms with Crippen LogP contribution in [0.2, 0.25) is 0 Å². The van der Waals surface area contributed by atoms with E-state index in [9.17, 15) is 26.7 Å². The lowest BCUT2D eigenvalue weighted by atomic mass is 10.2. The molecule has 104 valence electrons. The lowest BCUT2D eigenvalue weighted by Gasteiger charge is -2.06. The van der Waals surface area contributed by atoms with Gasteiger partial charge in [0.25, 0.3) is 0 Å². The highest BCUT2D eigenvalue weighted by molar-refractivity contribution is 5.91. The van der Waals surface area contributed by atoms with Crippen LogP contribution in [-0.2, 0) is 0 Å². The summed E-state index contributed by atoms with van der Waals surface area (Å²) in [5.41, 5.74) is -0.895. The molecule has 0 amide bonds. The highest BCUT2D eigenvalue weighted by atomic mass is 19.2. The molecule has 2 aromatic rings. The molecule has 7 heteroatoms. The highest BCUT2D eigenvalue weighted by Gasteiger charge is 2.20. The Labute approximate surface area is 109 Å². The third-order valence-corrected chi connectivity index (χ3v) is 2.30. The molecule has 0 saturated heterocycles. The number of benzene rings is 2. The number of esters is 1. The summed E-state index contributed by atoms with van der Waals surface area (Å²) in [6.07, 6.45) is 0. The van der Waals surface area contributed by atoms with E-state index in [2.05, 4.69) is 4.74 Å². The average molecular weight is 288 g/mol. The summed E-state index contributed by atoms with van der Waals surface area (Å²) in [6, 6.07) is 3.08. The molecule has 0 heterocycles. The molecule has 0 aliphatic carbocycles. The molecule has 2 nitrogen and oxygen atoms in total. The molecule has 0 unspecified atom stereocenters. The first-order chi connectivity index (χ1) is 9.38. The number of rotatable bonds is 2. The molecule has 0 aromatic heterocycles. The number of carbonyl (C=O) groups excluding carboxylic acids is 1. The van der Waals surface area contributed by atoms with Crippen molar-refractivity contribution in [3.05, 3.63) is 65.0 Å². The van der Waals surface area contributed by atoms with Gasteiger partial charge in [0.15, 0.2) is 17.5 Å². The predicted molar refractivity (Wildman–Crippen MR) is 57.6 cm³/mol. The van der Waals surface area contributed by atoms with Gasteiger partial charge in [-0.15, -0.1) is 0 Å². The summed E-state index contributed by atoms with van der Waals surface area (Å²) < 4.78 is 69.2. The SMILES string of the molecule is O=C(Oc1cc(F)cc(F)c1)c1ccc(F)c(F)c1F. The van der Waals surface area contributed by atoms with Crippen molar-refractivity contribution < 1.29 is 31.5 Å². The van der Waals surface area contributed by atoms with Crippen LogP contribution < -0.4 is 4.74 Å². The number of ether oxygens (including phenoxy) is 1. The quantitative estimate of drug-likeness (QED) is 0.365. The summed E-state index contributed by atoms with van der Waals surface area (Å²) in [4.78, 5) is 11.5. The number of hydrogen-bond donors (Lipinski definition) is 0. The van der Waals surface area contributed by atoms with Gasteiger partial charge >= 0.3 is 5.97 Å². The fourth-order valence-electron chi connectivity index (χ4n) is 1.43. The Hall–Kier alpha value is -2.44. The third-order valence-electron chi connectivity index (χ3n) is 2.30. The summed E-state index contributed by atoms with van der Waals surface area (Å²) in [5.74, 6) is -9.03. The molecular formula is C13H5F5O2. The van der Waals surface area contributed by atoms with Crippen LogP contribution in [0.25, 0.3) is 0 Å². The maximum absolute atomic E-state index is 13.3. The largest absolute Gasteiger partial charge is 0.423 e.